The van der Waals surface area contributed by atoms with Crippen molar-refractivity contribution in [1.82, 2.24) is 21.0 Å². The first-order valence-electron chi connectivity index (χ1n) is 23.7. The fraction of sp³-hybridized carbons (Fsp3) is 0.364. The molecule has 5 N–H and O–H groups in total. The summed E-state index contributed by atoms with van der Waals surface area (Å²) in [5.41, 5.74) is 2.05. The quantitative estimate of drug-likeness (QED) is 0.0266. The minimum absolute atomic E-state index is 0.0833. The van der Waals surface area contributed by atoms with Gasteiger partial charge in [-0.2, -0.15) is 0 Å². The maximum absolute atomic E-state index is 14.9. The van der Waals surface area contributed by atoms with E-state index in [0.29, 0.717) is 50.1 Å². The highest BCUT2D eigenvalue weighted by molar-refractivity contribution is 7.52. The van der Waals surface area contributed by atoms with Crippen LogP contribution in [0.3, 0.4) is 0 Å². The topological polar surface area (TPSA) is 155 Å². The second-order valence-corrected chi connectivity index (χ2v) is 19.7. The number of hydrogen-bond acceptors (Lipinski definition) is 7. The number of nitrogens with one attached hydrogen (secondary N) is 4. The Bertz CT molecular complexity index is 2420. The molecule has 0 radical (unpaired) electrons. The van der Waals surface area contributed by atoms with Gasteiger partial charge in [-0.05, 0) is 107 Å². The Balaban J connectivity index is 1.24. The van der Waals surface area contributed by atoms with Crippen LogP contribution < -0.4 is 30.1 Å². The molecular formula is C55H67N4O7P. The fourth-order valence-corrected chi connectivity index (χ4v) is 9.64. The van der Waals surface area contributed by atoms with Crippen molar-refractivity contribution < 1.29 is 33.1 Å². The average Bonchev–Trinajstić information content (AvgIpc) is 3.32. The van der Waals surface area contributed by atoms with E-state index in [0.717, 1.165) is 39.1 Å². The van der Waals surface area contributed by atoms with E-state index >= 15 is 0 Å². The Kier molecular flexibility index (Phi) is 19.0. The van der Waals surface area contributed by atoms with Gasteiger partial charge in [0, 0.05) is 19.0 Å². The Morgan fingerprint density at radius 1 is 0.642 bits per heavy atom. The number of amides is 3. The van der Waals surface area contributed by atoms with E-state index < -0.39 is 37.8 Å². The van der Waals surface area contributed by atoms with Gasteiger partial charge in [-0.15, -0.1) is 0 Å². The molecule has 0 saturated carbocycles. The molecule has 0 spiro atoms. The molecule has 11 nitrogen and oxygen atoms in total. The van der Waals surface area contributed by atoms with Crippen molar-refractivity contribution in [2.75, 3.05) is 13.1 Å². The van der Waals surface area contributed by atoms with Gasteiger partial charge in [-0.1, -0.05) is 155 Å². The van der Waals surface area contributed by atoms with Crippen molar-refractivity contribution in [2.45, 2.75) is 97.2 Å². The molecule has 6 aromatic rings. The number of benzene rings is 6. The number of carbonyl (C=O) groups excluding carboxylic acids is 3. The van der Waals surface area contributed by atoms with Gasteiger partial charge in [0.25, 0.3) is 0 Å². The maximum Gasteiger partial charge on any atom is 0.512 e. The molecule has 0 aliphatic heterocycles. The van der Waals surface area contributed by atoms with Crippen LogP contribution in [0, 0.1) is 17.8 Å². The second-order valence-electron chi connectivity index (χ2n) is 18.0. The molecule has 12 heteroatoms. The minimum atomic E-state index is -3.91. The summed E-state index contributed by atoms with van der Waals surface area (Å²) in [6.07, 6.45) is 1.96. The minimum Gasteiger partial charge on any atom is -0.405 e. The highest BCUT2D eigenvalue weighted by Gasteiger charge is 2.32. The molecule has 0 aromatic heterocycles. The lowest BCUT2D eigenvalue weighted by atomic mass is 9.87. The second kappa shape index (κ2) is 25.2. The summed E-state index contributed by atoms with van der Waals surface area (Å²) in [5, 5.41) is 27.9. The van der Waals surface area contributed by atoms with Crippen molar-refractivity contribution >= 4 is 47.0 Å². The average molecular weight is 927 g/mol. The van der Waals surface area contributed by atoms with E-state index in [9.17, 15) is 24.1 Å². The summed E-state index contributed by atoms with van der Waals surface area (Å²) >= 11 is 0. The zero-order chi connectivity index (χ0) is 47.6. The van der Waals surface area contributed by atoms with Crippen molar-refractivity contribution in [2.24, 2.45) is 17.8 Å². The lowest BCUT2D eigenvalue weighted by Crippen LogP contribution is -2.54. The van der Waals surface area contributed by atoms with Gasteiger partial charge in [0.15, 0.2) is 0 Å². The third kappa shape index (κ3) is 15.5. The van der Waals surface area contributed by atoms with Crippen molar-refractivity contribution in [3.8, 4) is 11.5 Å². The Labute approximate surface area is 396 Å². The van der Waals surface area contributed by atoms with Gasteiger partial charge >= 0.3 is 7.75 Å². The van der Waals surface area contributed by atoms with Crippen LogP contribution in [-0.4, -0.2) is 54.1 Å². The van der Waals surface area contributed by atoms with Gasteiger partial charge in [-0.25, -0.2) is 9.65 Å². The SMILES string of the molecule is CC[C@H](C)CNC(=O)C[C@H](O)[C@H](CC(C)C)NC(=O)[C@H](CCCCNP(=O)(Oc1ccccc1)Oc1ccccc1)NC(=O)C(Cc1cccc2ccccc12)Cc1cccc2ccccc12. The van der Waals surface area contributed by atoms with E-state index in [2.05, 4.69) is 76.5 Å². The number of para-hydroxylation sites is 2. The van der Waals surface area contributed by atoms with Crippen LogP contribution in [0.5, 0.6) is 11.5 Å². The summed E-state index contributed by atoms with van der Waals surface area (Å²) in [5.74, 6) is -0.454. The van der Waals surface area contributed by atoms with E-state index in [-0.39, 0.29) is 43.0 Å². The lowest BCUT2D eigenvalue weighted by molar-refractivity contribution is -0.132. The molecule has 354 valence electrons. The Hall–Kier alpha value is -6.00. The molecule has 0 bridgehead atoms. The van der Waals surface area contributed by atoms with Crippen LogP contribution in [0.15, 0.2) is 146 Å². The number of aliphatic hydroxyl groups is 1. The van der Waals surface area contributed by atoms with Gasteiger partial charge in [-0.3, -0.25) is 14.4 Å². The molecule has 0 heterocycles. The van der Waals surface area contributed by atoms with Gasteiger partial charge in [0.2, 0.25) is 17.7 Å². The summed E-state index contributed by atoms with van der Waals surface area (Å²) in [6, 6.07) is 44.4. The van der Waals surface area contributed by atoms with Crippen LogP contribution in [-0.2, 0) is 31.8 Å². The summed E-state index contributed by atoms with van der Waals surface area (Å²) < 4.78 is 26.0. The predicted molar refractivity (Wildman–Crippen MR) is 269 cm³/mol. The van der Waals surface area contributed by atoms with Crippen molar-refractivity contribution in [1.29, 1.82) is 0 Å². The Morgan fingerprint density at radius 3 is 1.70 bits per heavy atom. The number of hydrogen-bond donors (Lipinski definition) is 5. The largest absolute Gasteiger partial charge is 0.512 e. The number of carbonyl (C=O) groups is 3. The number of aliphatic hydroxyl groups excluding tert-OH is 1. The fourth-order valence-electron chi connectivity index (χ4n) is 8.24. The van der Waals surface area contributed by atoms with Crippen LogP contribution in [0.1, 0.15) is 77.3 Å². The van der Waals surface area contributed by atoms with Gasteiger partial charge in [0.05, 0.1) is 18.6 Å². The summed E-state index contributed by atoms with van der Waals surface area (Å²) in [6.45, 7) is 8.80. The molecule has 4 atom stereocenters. The van der Waals surface area contributed by atoms with E-state index in [1.54, 1.807) is 48.5 Å². The van der Waals surface area contributed by atoms with E-state index in [1.165, 1.54) is 0 Å². The van der Waals surface area contributed by atoms with E-state index in [4.69, 9.17) is 9.05 Å². The first kappa shape index (κ1) is 50.4. The third-order valence-electron chi connectivity index (χ3n) is 12.1. The number of rotatable bonds is 26. The molecule has 6 aromatic carbocycles. The first-order chi connectivity index (χ1) is 32.4. The monoisotopic (exact) mass is 926 g/mol. The number of unbranched alkanes of at least 4 members (excludes halogenated alkanes) is 1. The van der Waals surface area contributed by atoms with E-state index in [1.807, 2.05) is 69.3 Å². The molecule has 0 saturated heterocycles. The smallest absolute Gasteiger partial charge is 0.405 e. The molecule has 6 rings (SSSR count). The third-order valence-corrected chi connectivity index (χ3v) is 13.6. The van der Waals surface area contributed by atoms with Crippen LogP contribution in [0.4, 0.5) is 0 Å². The zero-order valence-electron chi connectivity index (χ0n) is 39.2. The molecule has 0 fully saturated rings. The molecule has 0 aliphatic carbocycles. The van der Waals surface area contributed by atoms with Crippen LogP contribution in [0.2, 0.25) is 0 Å². The molecule has 3 amide bonds. The van der Waals surface area contributed by atoms with Crippen molar-refractivity contribution in [3.05, 3.63) is 157 Å². The molecular weight excluding hydrogens is 860 g/mol. The molecule has 0 unspecified atom stereocenters. The Morgan fingerprint density at radius 2 is 1.16 bits per heavy atom. The number of fused-ring (bicyclic) bond motifs is 2. The summed E-state index contributed by atoms with van der Waals surface area (Å²) in [4.78, 5) is 42.5. The maximum atomic E-state index is 14.9. The van der Waals surface area contributed by atoms with Crippen LogP contribution >= 0.6 is 7.75 Å². The summed E-state index contributed by atoms with van der Waals surface area (Å²) in [7, 11) is -3.91. The van der Waals surface area contributed by atoms with Crippen molar-refractivity contribution in [3.63, 3.8) is 0 Å². The first-order valence-corrected chi connectivity index (χ1v) is 25.3. The zero-order valence-corrected chi connectivity index (χ0v) is 40.1. The van der Waals surface area contributed by atoms with Crippen LogP contribution in [0.25, 0.3) is 21.5 Å². The molecule has 0 aliphatic rings. The standard InChI is InChI=1S/C55H67N4O7P/c1-5-40(4)38-56-53(61)37-52(60)51(34-39(2)3)59-55(63)50(32-16-17-33-57-67(64,65-46-26-8-6-9-27-46)66-47-28-10-7-11-29-47)58-54(62)45(35-43-24-18-22-41-20-12-14-30-48(41)43)36-44-25-19-23-42-21-13-15-31-49(42)44/h6-15,18-31,39-40,45,50-52,60H,5,16-17,32-38H2,1-4H3,(H,56,61)(H,57,64)(H,58,62)(H,59,63)/t40-,50-,51-,52-/m0/s1. The predicted octanol–water partition coefficient (Wildman–Crippen LogP) is 10.3. The highest BCUT2D eigenvalue weighted by atomic mass is 31.2. The lowest BCUT2D eigenvalue weighted by Gasteiger charge is -2.29. The van der Waals surface area contributed by atoms with Gasteiger partial charge in [0.1, 0.15) is 17.5 Å². The molecule has 67 heavy (non-hydrogen) atoms. The van der Waals surface area contributed by atoms with Gasteiger partial charge < -0.3 is 30.1 Å². The normalized spacial score (nSPS) is 13.5. The highest BCUT2D eigenvalue weighted by Crippen LogP contribution is 2.44.